The van der Waals surface area contributed by atoms with Crippen molar-refractivity contribution in [3.63, 3.8) is 0 Å². The van der Waals surface area contributed by atoms with E-state index in [9.17, 15) is 9.18 Å². The molecule has 5 nitrogen and oxygen atoms in total. The molecule has 1 aliphatic heterocycles. The molecule has 0 bridgehead atoms. The summed E-state index contributed by atoms with van der Waals surface area (Å²) in [5, 5.41) is 3.51. The van der Waals surface area contributed by atoms with Crippen molar-refractivity contribution in [3.05, 3.63) is 58.4 Å². The summed E-state index contributed by atoms with van der Waals surface area (Å²) in [7, 11) is 1.55. The number of halogens is 2. The van der Waals surface area contributed by atoms with Crippen molar-refractivity contribution in [2.45, 2.75) is 13.5 Å². The van der Waals surface area contributed by atoms with E-state index < -0.39 is 0 Å². The van der Waals surface area contributed by atoms with Crippen molar-refractivity contribution in [2.24, 2.45) is 0 Å². The number of anilines is 1. The second-order valence-corrected chi connectivity index (χ2v) is 7.03. The normalized spacial score (nSPS) is 14.9. The number of hydrogen-bond donors (Lipinski definition) is 1. The summed E-state index contributed by atoms with van der Waals surface area (Å²) in [6.07, 6.45) is 0. The van der Waals surface area contributed by atoms with Crippen LogP contribution < -0.4 is 10.1 Å². The van der Waals surface area contributed by atoms with Gasteiger partial charge in [0.25, 0.3) is 0 Å². The third-order valence-corrected chi connectivity index (χ3v) is 5.11. The first kappa shape index (κ1) is 19.5. The van der Waals surface area contributed by atoms with Gasteiger partial charge in [-0.15, -0.1) is 0 Å². The van der Waals surface area contributed by atoms with Crippen molar-refractivity contribution in [3.8, 4) is 5.75 Å². The van der Waals surface area contributed by atoms with Crippen molar-refractivity contribution in [2.75, 3.05) is 38.6 Å². The number of hydrogen-bond acceptors (Lipinski definition) is 3. The van der Waals surface area contributed by atoms with Gasteiger partial charge >= 0.3 is 6.03 Å². The van der Waals surface area contributed by atoms with E-state index >= 15 is 0 Å². The molecule has 0 radical (unpaired) electrons. The molecule has 2 amide bonds. The van der Waals surface area contributed by atoms with Crippen molar-refractivity contribution >= 4 is 23.3 Å². The number of carbonyl (C=O) groups is 1. The first-order valence-electron chi connectivity index (χ1n) is 8.83. The molecule has 1 heterocycles. The number of nitrogens with one attached hydrogen (secondary N) is 1. The van der Waals surface area contributed by atoms with Gasteiger partial charge in [0.05, 0.1) is 12.8 Å². The Morgan fingerprint density at radius 1 is 1.19 bits per heavy atom. The Morgan fingerprint density at radius 2 is 1.85 bits per heavy atom. The Bertz CT molecular complexity index is 806. The third kappa shape index (κ3) is 4.90. The Kier molecular flexibility index (Phi) is 6.19. The number of benzene rings is 2. The van der Waals surface area contributed by atoms with Crippen molar-refractivity contribution in [1.29, 1.82) is 0 Å². The highest BCUT2D eigenvalue weighted by Gasteiger charge is 2.22. The van der Waals surface area contributed by atoms with Crippen LogP contribution in [-0.2, 0) is 6.54 Å². The van der Waals surface area contributed by atoms with Gasteiger partial charge in [-0.05, 0) is 36.2 Å². The van der Waals surface area contributed by atoms with E-state index in [1.165, 1.54) is 12.1 Å². The Labute approximate surface area is 163 Å². The maximum absolute atomic E-state index is 13.0. The van der Waals surface area contributed by atoms with Gasteiger partial charge in [-0.1, -0.05) is 23.7 Å². The molecular formula is C20H23ClFN3O2. The Morgan fingerprint density at radius 3 is 2.48 bits per heavy atom. The fraction of sp³-hybridized carbons (Fsp3) is 0.350. The van der Waals surface area contributed by atoms with Crippen LogP contribution in [0.25, 0.3) is 0 Å². The average Bonchev–Trinajstić information content (AvgIpc) is 2.67. The van der Waals surface area contributed by atoms with E-state index in [0.717, 1.165) is 30.8 Å². The lowest BCUT2D eigenvalue weighted by molar-refractivity contribution is 0.143. The lowest BCUT2D eigenvalue weighted by Gasteiger charge is -2.34. The van der Waals surface area contributed by atoms with Crippen LogP contribution in [0.4, 0.5) is 14.9 Å². The minimum atomic E-state index is -0.229. The number of ether oxygens (including phenoxy) is 1. The quantitative estimate of drug-likeness (QED) is 0.851. The second kappa shape index (κ2) is 8.59. The zero-order chi connectivity index (χ0) is 19.4. The first-order chi connectivity index (χ1) is 13.0. The second-order valence-electron chi connectivity index (χ2n) is 6.62. The number of urea groups is 1. The van der Waals surface area contributed by atoms with E-state index in [-0.39, 0.29) is 11.8 Å². The molecule has 1 saturated heterocycles. The van der Waals surface area contributed by atoms with Gasteiger partial charge in [0.1, 0.15) is 11.6 Å². The summed E-state index contributed by atoms with van der Waals surface area (Å²) < 4.78 is 18.3. The van der Waals surface area contributed by atoms with E-state index in [2.05, 4.69) is 10.2 Å². The van der Waals surface area contributed by atoms with Crippen LogP contribution in [0, 0.1) is 12.7 Å². The monoisotopic (exact) mass is 391 g/mol. The van der Waals surface area contributed by atoms with Crippen LogP contribution in [0.3, 0.4) is 0 Å². The molecule has 2 aromatic carbocycles. The molecule has 0 saturated carbocycles. The molecule has 27 heavy (non-hydrogen) atoms. The van der Waals surface area contributed by atoms with E-state index in [0.29, 0.717) is 29.5 Å². The lowest BCUT2D eigenvalue weighted by atomic mass is 10.2. The highest BCUT2D eigenvalue weighted by atomic mass is 35.5. The molecule has 3 rings (SSSR count). The van der Waals surface area contributed by atoms with Gasteiger partial charge in [-0.3, -0.25) is 4.90 Å². The molecule has 1 fully saturated rings. The maximum atomic E-state index is 13.0. The van der Waals surface area contributed by atoms with Crippen LogP contribution in [0.5, 0.6) is 5.75 Å². The maximum Gasteiger partial charge on any atom is 0.322 e. The molecule has 0 aliphatic carbocycles. The zero-order valence-corrected chi connectivity index (χ0v) is 16.2. The molecule has 1 N–H and O–H groups in total. The summed E-state index contributed by atoms with van der Waals surface area (Å²) in [5.41, 5.74) is 2.55. The molecular weight excluding hydrogens is 369 g/mol. The number of carbonyl (C=O) groups excluding carboxylic acids is 1. The van der Waals surface area contributed by atoms with E-state index in [1.807, 2.05) is 13.0 Å². The Hall–Kier alpha value is -2.31. The van der Waals surface area contributed by atoms with Gasteiger partial charge < -0.3 is 15.0 Å². The SMILES string of the molecule is COc1cc(Cl)c(C)cc1NC(=O)N1CCN(Cc2ccc(F)cc2)CC1. The molecule has 144 valence electrons. The predicted octanol–water partition coefficient (Wildman–Crippen LogP) is 4.15. The lowest BCUT2D eigenvalue weighted by Crippen LogP contribution is -2.49. The van der Waals surface area contributed by atoms with Crippen LogP contribution in [0.15, 0.2) is 36.4 Å². The predicted molar refractivity (Wildman–Crippen MR) is 105 cm³/mol. The van der Waals surface area contributed by atoms with Gasteiger partial charge in [0, 0.05) is 43.8 Å². The summed E-state index contributed by atoms with van der Waals surface area (Å²) in [6, 6.07) is 9.89. The summed E-state index contributed by atoms with van der Waals surface area (Å²) in [4.78, 5) is 16.6. The number of methoxy groups -OCH3 is 1. The fourth-order valence-electron chi connectivity index (χ4n) is 3.08. The molecule has 1 aliphatic rings. The van der Waals surface area contributed by atoms with E-state index in [1.54, 1.807) is 30.2 Å². The van der Waals surface area contributed by atoms with Crippen LogP contribution in [0.2, 0.25) is 5.02 Å². The number of nitrogens with zero attached hydrogens (tertiary/aromatic N) is 2. The van der Waals surface area contributed by atoms with E-state index in [4.69, 9.17) is 16.3 Å². The number of rotatable bonds is 4. The molecule has 2 aromatic rings. The summed E-state index contributed by atoms with van der Waals surface area (Å²) >= 11 is 6.11. The van der Waals surface area contributed by atoms with Crippen LogP contribution >= 0.6 is 11.6 Å². The Balaban J connectivity index is 1.56. The summed E-state index contributed by atoms with van der Waals surface area (Å²) in [5.74, 6) is 0.307. The van der Waals surface area contributed by atoms with Crippen molar-refractivity contribution < 1.29 is 13.9 Å². The topological polar surface area (TPSA) is 44.8 Å². The van der Waals surface area contributed by atoms with Gasteiger partial charge in [-0.2, -0.15) is 0 Å². The highest BCUT2D eigenvalue weighted by molar-refractivity contribution is 6.31. The molecule has 7 heteroatoms. The minimum absolute atomic E-state index is 0.156. The molecule has 0 atom stereocenters. The zero-order valence-electron chi connectivity index (χ0n) is 15.5. The number of amides is 2. The standard InChI is InChI=1S/C20H23ClFN3O2/c1-14-11-18(19(27-2)12-17(14)21)23-20(26)25-9-7-24(8-10-25)13-15-3-5-16(22)6-4-15/h3-6,11-12H,7-10,13H2,1-2H3,(H,23,26). The summed E-state index contributed by atoms with van der Waals surface area (Å²) in [6.45, 7) is 5.42. The van der Waals surface area contributed by atoms with Crippen molar-refractivity contribution in [1.82, 2.24) is 9.80 Å². The smallest absolute Gasteiger partial charge is 0.322 e. The van der Waals surface area contributed by atoms with Crippen LogP contribution in [0.1, 0.15) is 11.1 Å². The fourth-order valence-corrected chi connectivity index (χ4v) is 3.23. The number of aryl methyl sites for hydroxylation is 1. The third-order valence-electron chi connectivity index (χ3n) is 4.70. The highest BCUT2D eigenvalue weighted by Crippen LogP contribution is 2.31. The molecule has 0 unspecified atom stereocenters. The van der Waals surface area contributed by atoms with Crippen LogP contribution in [-0.4, -0.2) is 49.1 Å². The molecule has 0 aromatic heterocycles. The van der Waals surface area contributed by atoms with Gasteiger partial charge in [-0.25, -0.2) is 9.18 Å². The van der Waals surface area contributed by atoms with Gasteiger partial charge in [0.2, 0.25) is 0 Å². The number of piperazine rings is 1. The largest absolute Gasteiger partial charge is 0.495 e. The van der Waals surface area contributed by atoms with Gasteiger partial charge in [0.15, 0.2) is 0 Å². The molecule has 0 spiro atoms. The first-order valence-corrected chi connectivity index (χ1v) is 9.21. The average molecular weight is 392 g/mol. The minimum Gasteiger partial charge on any atom is -0.495 e.